The predicted molar refractivity (Wildman–Crippen MR) is 163 cm³/mol. The third-order valence-electron chi connectivity index (χ3n) is 9.39. The molecule has 8 nitrogen and oxygen atoms in total. The van der Waals surface area contributed by atoms with Gasteiger partial charge in [-0.05, 0) is 63.8 Å². The summed E-state index contributed by atoms with van der Waals surface area (Å²) in [7, 11) is 0. The summed E-state index contributed by atoms with van der Waals surface area (Å²) in [5.74, 6) is -2.54. The lowest BCUT2D eigenvalue weighted by atomic mass is 9.66. The van der Waals surface area contributed by atoms with Crippen molar-refractivity contribution < 1.29 is 24.2 Å². The summed E-state index contributed by atoms with van der Waals surface area (Å²) in [5.41, 5.74) is 1.17. The number of amides is 3. The van der Waals surface area contributed by atoms with Crippen LogP contribution in [0.2, 0.25) is 0 Å². The molecule has 0 aromatic heterocycles. The van der Waals surface area contributed by atoms with Crippen molar-refractivity contribution in [3.8, 4) is 0 Å². The molecule has 2 bridgehead atoms. The Morgan fingerprint density at radius 1 is 1.02 bits per heavy atom. The van der Waals surface area contributed by atoms with E-state index in [0.29, 0.717) is 18.5 Å². The van der Waals surface area contributed by atoms with Crippen molar-refractivity contribution in [3.63, 3.8) is 0 Å². The fourth-order valence-electron chi connectivity index (χ4n) is 7.61. The molecule has 0 saturated carbocycles. The maximum atomic E-state index is 14.8. The zero-order valence-electron chi connectivity index (χ0n) is 25.0. The Balaban J connectivity index is 1.63. The number of aryl methyl sites for hydroxylation is 2. The molecule has 3 heterocycles. The number of ether oxygens (including phenoxy) is 1. The van der Waals surface area contributed by atoms with Gasteiger partial charge in [0.15, 0.2) is 0 Å². The summed E-state index contributed by atoms with van der Waals surface area (Å²) < 4.78 is 6.83. The van der Waals surface area contributed by atoms with Gasteiger partial charge in [-0.2, -0.15) is 0 Å². The average Bonchev–Trinajstić information content (AvgIpc) is 3.55. The zero-order valence-corrected chi connectivity index (χ0v) is 25.0. The number of hydrogen-bond donors (Lipinski definition) is 1. The van der Waals surface area contributed by atoms with E-state index in [9.17, 15) is 19.5 Å². The fourth-order valence-corrected chi connectivity index (χ4v) is 7.61. The van der Waals surface area contributed by atoms with Gasteiger partial charge in [0, 0.05) is 24.5 Å². The molecule has 3 amide bonds. The number of fused-ring (bicyclic) bond motifs is 1. The van der Waals surface area contributed by atoms with Crippen LogP contribution in [0, 0.1) is 25.7 Å². The number of carbonyl (C=O) groups is 3. The van der Waals surface area contributed by atoms with Crippen molar-refractivity contribution in [1.29, 1.82) is 0 Å². The molecule has 3 fully saturated rings. The van der Waals surface area contributed by atoms with Crippen LogP contribution in [0.25, 0.3) is 0 Å². The van der Waals surface area contributed by atoms with Crippen molar-refractivity contribution in [2.75, 3.05) is 29.5 Å². The van der Waals surface area contributed by atoms with E-state index in [1.165, 1.54) is 4.90 Å². The Kier molecular flexibility index (Phi) is 7.89. The highest BCUT2D eigenvalue weighted by atomic mass is 16.5. The number of rotatable bonds is 10. The summed E-state index contributed by atoms with van der Waals surface area (Å²) in [5, 5.41) is 10.3. The van der Waals surface area contributed by atoms with E-state index < -0.39 is 35.1 Å². The lowest BCUT2D eigenvalue weighted by Crippen LogP contribution is -2.58. The van der Waals surface area contributed by atoms with E-state index >= 15 is 0 Å². The number of likely N-dealkylation sites (tertiary alicyclic amines) is 1. The van der Waals surface area contributed by atoms with Gasteiger partial charge in [-0.25, -0.2) is 0 Å². The number of aliphatic hydroxyl groups is 1. The Hall–Kier alpha value is -3.75. The first-order chi connectivity index (χ1) is 20.1. The van der Waals surface area contributed by atoms with Gasteiger partial charge in [-0.1, -0.05) is 48.6 Å². The third kappa shape index (κ3) is 4.39. The Bertz CT molecular complexity index is 1390. The highest BCUT2D eigenvalue weighted by Crippen LogP contribution is 2.64. The second-order valence-corrected chi connectivity index (χ2v) is 12.1. The molecular weight excluding hydrogens is 530 g/mol. The molecule has 1 N–H and O–H groups in total. The molecule has 222 valence electrons. The highest BCUT2D eigenvalue weighted by molar-refractivity contribution is 6.07. The Labute approximate surface area is 248 Å². The van der Waals surface area contributed by atoms with Gasteiger partial charge in [0.2, 0.25) is 11.8 Å². The minimum Gasteiger partial charge on any atom is -0.394 e. The molecule has 5 rings (SSSR count). The molecule has 2 aromatic carbocycles. The zero-order chi connectivity index (χ0) is 30.4. The van der Waals surface area contributed by atoms with Gasteiger partial charge in [0.05, 0.1) is 30.1 Å². The van der Waals surface area contributed by atoms with Crippen LogP contribution in [0.5, 0.6) is 0 Å². The van der Waals surface area contributed by atoms with Gasteiger partial charge in [-0.15, -0.1) is 13.2 Å². The molecule has 42 heavy (non-hydrogen) atoms. The van der Waals surface area contributed by atoms with E-state index in [2.05, 4.69) is 13.2 Å². The molecule has 1 spiro atoms. The van der Waals surface area contributed by atoms with Crippen LogP contribution < -0.4 is 9.80 Å². The summed E-state index contributed by atoms with van der Waals surface area (Å²) >= 11 is 0. The number of para-hydroxylation sites is 2. The quantitative estimate of drug-likeness (QED) is 0.432. The van der Waals surface area contributed by atoms with Crippen LogP contribution in [-0.4, -0.2) is 70.7 Å². The molecular formula is C34H41N3O5. The molecule has 8 heteroatoms. The number of carbonyl (C=O) groups excluding carboxylic acids is 3. The summed E-state index contributed by atoms with van der Waals surface area (Å²) in [6, 6.07) is 13.5. The van der Waals surface area contributed by atoms with E-state index in [1.54, 1.807) is 28.9 Å². The van der Waals surface area contributed by atoms with Gasteiger partial charge in [-0.3, -0.25) is 14.4 Å². The first kappa shape index (κ1) is 29.7. The molecule has 0 aliphatic carbocycles. The number of hydrogen-bond acceptors (Lipinski definition) is 5. The van der Waals surface area contributed by atoms with Gasteiger partial charge in [0.25, 0.3) is 5.91 Å². The molecule has 2 aromatic rings. The van der Waals surface area contributed by atoms with E-state index in [-0.39, 0.29) is 37.4 Å². The number of nitrogens with zero attached hydrogens (tertiary/aromatic N) is 3. The van der Waals surface area contributed by atoms with Crippen molar-refractivity contribution in [2.45, 2.75) is 63.8 Å². The SMILES string of the molecule is C=CCN(C(=O)[C@H]1[C@H]2C(=O)N([C@H](C)CO)C(C(=O)N(CC=C)c3c(C)cccc3C)C23CC[C@]1(C)O3)c1ccccc1. The fraction of sp³-hybridized carbons (Fsp3) is 0.441. The average molecular weight is 572 g/mol. The maximum Gasteiger partial charge on any atom is 0.253 e. The van der Waals surface area contributed by atoms with Crippen LogP contribution in [0.1, 0.15) is 37.8 Å². The van der Waals surface area contributed by atoms with Crippen LogP contribution in [0.4, 0.5) is 11.4 Å². The minimum atomic E-state index is -1.21. The smallest absolute Gasteiger partial charge is 0.253 e. The van der Waals surface area contributed by atoms with Crippen LogP contribution in [0.15, 0.2) is 73.8 Å². The molecule has 0 radical (unpaired) electrons. The van der Waals surface area contributed by atoms with E-state index in [1.807, 2.05) is 69.3 Å². The number of benzene rings is 2. The standard InChI is InChI=1S/C34H41N3O5/c1-7-19-35(25-15-10-9-11-16-25)30(39)26-27-31(40)37(24(5)21-38)29(34(27)18-17-33(26,6)42-34)32(41)36(20-8-2)28-22(3)13-12-14-23(28)4/h7-16,24,26-27,29,38H,1-2,17-21H2,3-6H3/t24-,26-,27+,29?,33+,34?/m1/s1. The molecule has 3 saturated heterocycles. The van der Waals surface area contributed by atoms with Crippen LogP contribution >= 0.6 is 0 Å². The largest absolute Gasteiger partial charge is 0.394 e. The van der Waals surface area contributed by atoms with Gasteiger partial charge < -0.3 is 24.5 Å². The van der Waals surface area contributed by atoms with E-state index in [0.717, 1.165) is 16.8 Å². The van der Waals surface area contributed by atoms with Crippen LogP contribution in [-0.2, 0) is 19.1 Å². The molecule has 3 aliphatic heterocycles. The Morgan fingerprint density at radius 2 is 1.64 bits per heavy atom. The second kappa shape index (κ2) is 11.2. The van der Waals surface area contributed by atoms with E-state index in [4.69, 9.17) is 4.74 Å². The topological polar surface area (TPSA) is 90.4 Å². The lowest BCUT2D eigenvalue weighted by molar-refractivity contribution is -0.147. The van der Waals surface area contributed by atoms with Crippen molar-refractivity contribution in [3.05, 3.63) is 85.0 Å². The lowest BCUT2D eigenvalue weighted by Gasteiger charge is -2.39. The molecule has 3 aliphatic rings. The molecule has 6 atom stereocenters. The summed E-state index contributed by atoms with van der Waals surface area (Å²) in [6.07, 6.45) is 4.32. The van der Waals surface area contributed by atoms with Gasteiger partial charge >= 0.3 is 0 Å². The summed E-state index contributed by atoms with van der Waals surface area (Å²) in [6.45, 7) is 15.4. The first-order valence-electron chi connectivity index (χ1n) is 14.6. The van der Waals surface area contributed by atoms with Crippen LogP contribution in [0.3, 0.4) is 0 Å². The third-order valence-corrected chi connectivity index (χ3v) is 9.39. The maximum absolute atomic E-state index is 14.8. The van der Waals surface area contributed by atoms with Crippen molar-refractivity contribution in [1.82, 2.24) is 4.90 Å². The normalized spacial score (nSPS) is 28.4. The first-order valence-corrected chi connectivity index (χ1v) is 14.6. The second-order valence-electron chi connectivity index (χ2n) is 12.1. The highest BCUT2D eigenvalue weighted by Gasteiger charge is 2.78. The molecule has 2 unspecified atom stereocenters. The minimum absolute atomic E-state index is 0.231. The summed E-state index contributed by atoms with van der Waals surface area (Å²) in [4.78, 5) is 48.5. The number of anilines is 2. The van der Waals surface area contributed by atoms with Gasteiger partial charge in [0.1, 0.15) is 11.6 Å². The monoisotopic (exact) mass is 571 g/mol. The number of aliphatic hydroxyl groups excluding tert-OH is 1. The van der Waals surface area contributed by atoms with Crippen molar-refractivity contribution >= 4 is 29.1 Å². The Morgan fingerprint density at radius 3 is 2.24 bits per heavy atom. The predicted octanol–water partition coefficient (Wildman–Crippen LogP) is 4.19. The van der Waals surface area contributed by atoms with Crippen molar-refractivity contribution in [2.24, 2.45) is 11.8 Å².